The van der Waals surface area contributed by atoms with Crippen LogP contribution in [0.25, 0.3) is 0 Å². The van der Waals surface area contributed by atoms with Gasteiger partial charge in [0.2, 0.25) is 0 Å². The summed E-state index contributed by atoms with van der Waals surface area (Å²) in [6.07, 6.45) is 1.17. The predicted molar refractivity (Wildman–Crippen MR) is 133 cm³/mol. The highest BCUT2D eigenvalue weighted by Gasteiger charge is 2.35. The molecule has 0 radical (unpaired) electrons. The number of hydrogen-bond acceptors (Lipinski definition) is 5. The molecule has 4 atom stereocenters. The predicted octanol–water partition coefficient (Wildman–Crippen LogP) is 3.41. The van der Waals surface area contributed by atoms with Crippen LogP contribution in [0.5, 0.6) is 0 Å². The van der Waals surface area contributed by atoms with Crippen molar-refractivity contribution < 1.29 is 14.9 Å². The van der Waals surface area contributed by atoms with E-state index < -0.39 is 0 Å². The van der Waals surface area contributed by atoms with Crippen LogP contribution in [0.2, 0.25) is 0 Å². The van der Waals surface area contributed by atoms with Crippen molar-refractivity contribution in [1.29, 1.82) is 0 Å². The molecule has 0 spiro atoms. The lowest BCUT2D eigenvalue weighted by molar-refractivity contribution is -0.0163. The molecule has 3 aliphatic rings. The van der Waals surface area contributed by atoms with E-state index in [-0.39, 0.29) is 24.3 Å². The first-order valence-electron chi connectivity index (χ1n) is 12.3. The summed E-state index contributed by atoms with van der Waals surface area (Å²) in [5.41, 5.74) is 5.99. The Labute approximate surface area is 202 Å². The van der Waals surface area contributed by atoms with Gasteiger partial charge >= 0.3 is 0 Å². The maximum Gasteiger partial charge on any atom is 0.0951 e. The summed E-state index contributed by atoms with van der Waals surface area (Å²) in [7, 11) is 0. The molecule has 5 nitrogen and oxygen atoms in total. The van der Waals surface area contributed by atoms with Gasteiger partial charge in [-0.15, -0.1) is 0 Å². The molecule has 1 fully saturated rings. The third-order valence-electron chi connectivity index (χ3n) is 7.29. The van der Waals surface area contributed by atoms with E-state index in [0.717, 1.165) is 56.8 Å². The fourth-order valence-electron chi connectivity index (χ4n) is 5.39. The molecule has 1 aliphatic heterocycles. The highest BCUT2D eigenvalue weighted by molar-refractivity contribution is 5.36. The van der Waals surface area contributed by atoms with E-state index in [0.29, 0.717) is 0 Å². The lowest BCUT2D eigenvalue weighted by Gasteiger charge is -2.33. The molecule has 0 saturated carbocycles. The molecule has 34 heavy (non-hydrogen) atoms. The van der Waals surface area contributed by atoms with Crippen LogP contribution in [0.3, 0.4) is 0 Å². The Balaban J connectivity index is 0.000000142. The number of nitrogens with zero attached hydrogens (tertiary/aromatic N) is 1. The second-order valence-electron chi connectivity index (χ2n) is 9.38. The number of ether oxygens (including phenoxy) is 1. The third-order valence-corrected chi connectivity index (χ3v) is 7.29. The topological polar surface area (TPSA) is 65.0 Å². The van der Waals surface area contributed by atoms with Crippen LogP contribution in [0.4, 0.5) is 0 Å². The lowest BCUT2D eigenvalue weighted by atomic mass is 10.1. The maximum absolute atomic E-state index is 10.3. The molecule has 1 heterocycles. The Morgan fingerprint density at radius 1 is 0.735 bits per heavy atom. The van der Waals surface area contributed by atoms with Crippen molar-refractivity contribution in [3.63, 3.8) is 0 Å². The van der Waals surface area contributed by atoms with Crippen molar-refractivity contribution in [2.45, 2.75) is 43.7 Å². The summed E-state index contributed by atoms with van der Waals surface area (Å²) in [5, 5.41) is 24.0. The van der Waals surface area contributed by atoms with Gasteiger partial charge in [0.1, 0.15) is 0 Å². The van der Waals surface area contributed by atoms with Crippen molar-refractivity contribution in [1.82, 2.24) is 10.2 Å². The highest BCUT2D eigenvalue weighted by Crippen LogP contribution is 2.34. The largest absolute Gasteiger partial charge is 0.387 e. The van der Waals surface area contributed by atoms with Gasteiger partial charge in [-0.1, -0.05) is 78.9 Å². The second-order valence-corrected chi connectivity index (χ2v) is 9.38. The van der Waals surface area contributed by atoms with E-state index >= 15 is 0 Å². The fourth-order valence-corrected chi connectivity index (χ4v) is 5.39. The Hall–Kier alpha value is -2.54. The number of rotatable bonds is 4. The number of nitrogens with one attached hydrogen (secondary N) is 1. The Kier molecular flexibility index (Phi) is 7.38. The molecule has 3 N–H and O–H groups in total. The van der Waals surface area contributed by atoms with Gasteiger partial charge in [-0.05, 0) is 40.7 Å². The Bertz CT molecular complexity index is 1070. The highest BCUT2D eigenvalue weighted by atomic mass is 16.5. The average Bonchev–Trinajstić information content (AvgIpc) is 3.41. The Morgan fingerprint density at radius 2 is 1.32 bits per heavy atom. The smallest absolute Gasteiger partial charge is 0.0951 e. The van der Waals surface area contributed by atoms with Crippen molar-refractivity contribution in [2.24, 2.45) is 0 Å². The summed E-state index contributed by atoms with van der Waals surface area (Å²) in [4.78, 5) is 2.36. The lowest BCUT2D eigenvalue weighted by Crippen LogP contribution is -2.45. The molecule has 6 rings (SSSR count). The summed E-state index contributed by atoms with van der Waals surface area (Å²) in [6.45, 7) is 4.26. The van der Waals surface area contributed by atoms with Gasteiger partial charge in [0.05, 0.1) is 25.4 Å². The first-order valence-corrected chi connectivity index (χ1v) is 12.3. The van der Waals surface area contributed by atoms with Crippen LogP contribution < -0.4 is 5.32 Å². The van der Waals surface area contributed by atoms with Crippen LogP contribution in [-0.4, -0.2) is 53.5 Å². The number of fused-ring (bicyclic) bond motifs is 2. The molecule has 178 valence electrons. The minimum Gasteiger partial charge on any atom is -0.387 e. The van der Waals surface area contributed by atoms with E-state index in [9.17, 15) is 10.2 Å². The SMILES string of the molecule is OC1c2ccccc2CC1N1CCOCC1.OC1c2ccccc2CC1NCc1ccccc1. The van der Waals surface area contributed by atoms with E-state index in [1.807, 2.05) is 54.6 Å². The van der Waals surface area contributed by atoms with Crippen LogP contribution in [0, 0.1) is 0 Å². The van der Waals surface area contributed by atoms with Gasteiger partial charge in [-0.2, -0.15) is 0 Å². The molecular formula is C29H34N2O3. The van der Waals surface area contributed by atoms with Crippen LogP contribution >= 0.6 is 0 Å². The first kappa shape index (κ1) is 23.2. The van der Waals surface area contributed by atoms with E-state index in [2.05, 4.69) is 34.5 Å². The minimum absolute atomic E-state index is 0.127. The fraction of sp³-hybridized carbons (Fsp3) is 0.379. The van der Waals surface area contributed by atoms with Crippen molar-refractivity contribution in [2.75, 3.05) is 26.3 Å². The van der Waals surface area contributed by atoms with Crippen LogP contribution in [0.1, 0.15) is 40.0 Å². The summed E-state index contributed by atoms with van der Waals surface area (Å²) >= 11 is 0. The number of aliphatic hydroxyl groups is 2. The van der Waals surface area contributed by atoms with E-state index in [1.54, 1.807) is 0 Å². The second kappa shape index (κ2) is 10.8. The zero-order valence-electron chi connectivity index (χ0n) is 19.5. The molecule has 1 saturated heterocycles. The average molecular weight is 459 g/mol. The quantitative estimate of drug-likeness (QED) is 0.559. The van der Waals surface area contributed by atoms with Gasteiger partial charge in [0, 0.05) is 31.7 Å². The zero-order chi connectivity index (χ0) is 23.3. The van der Waals surface area contributed by atoms with Crippen LogP contribution in [0.15, 0.2) is 78.9 Å². The van der Waals surface area contributed by atoms with E-state index in [4.69, 9.17) is 4.74 Å². The number of benzene rings is 3. The third kappa shape index (κ3) is 5.09. The number of hydrogen-bond donors (Lipinski definition) is 3. The maximum atomic E-state index is 10.3. The molecule has 3 aromatic carbocycles. The molecule has 0 bridgehead atoms. The summed E-state index contributed by atoms with van der Waals surface area (Å²) < 4.78 is 5.35. The molecule has 0 amide bonds. The minimum atomic E-state index is -0.384. The first-order chi connectivity index (χ1) is 16.7. The van der Waals surface area contributed by atoms with Gasteiger partial charge in [0.15, 0.2) is 0 Å². The van der Waals surface area contributed by atoms with Crippen molar-refractivity contribution in [3.8, 4) is 0 Å². The monoisotopic (exact) mass is 458 g/mol. The number of aliphatic hydroxyl groups excluding tert-OH is 2. The van der Waals surface area contributed by atoms with Gasteiger partial charge in [-0.3, -0.25) is 4.90 Å². The van der Waals surface area contributed by atoms with Gasteiger partial charge in [-0.25, -0.2) is 0 Å². The standard InChI is InChI=1S/C16H17NO.C13H17NO2/c18-16-14-9-5-4-8-13(14)10-15(16)17-11-12-6-2-1-3-7-12;15-13-11-4-2-1-3-10(11)9-12(13)14-5-7-16-8-6-14/h1-9,15-18H,10-11H2;1-4,12-13,15H,5-9H2. The molecular weight excluding hydrogens is 424 g/mol. The molecule has 2 aliphatic carbocycles. The summed E-state index contributed by atoms with van der Waals surface area (Å²) in [6, 6.07) is 27.0. The van der Waals surface area contributed by atoms with Gasteiger partial charge in [0.25, 0.3) is 0 Å². The molecule has 4 unspecified atom stereocenters. The van der Waals surface area contributed by atoms with Gasteiger partial charge < -0.3 is 20.3 Å². The molecule has 3 aromatic rings. The van der Waals surface area contributed by atoms with Crippen molar-refractivity contribution in [3.05, 3.63) is 107 Å². The Morgan fingerprint density at radius 3 is 1.97 bits per heavy atom. The van der Waals surface area contributed by atoms with Crippen LogP contribution in [-0.2, 0) is 24.1 Å². The number of morpholine rings is 1. The molecule has 5 heteroatoms. The summed E-state index contributed by atoms with van der Waals surface area (Å²) in [5.74, 6) is 0. The normalized spacial score (nSPS) is 25.8. The van der Waals surface area contributed by atoms with E-state index in [1.165, 1.54) is 16.7 Å². The van der Waals surface area contributed by atoms with Crippen molar-refractivity contribution >= 4 is 0 Å². The molecule has 0 aromatic heterocycles. The zero-order valence-corrected chi connectivity index (χ0v) is 19.5.